The summed E-state index contributed by atoms with van der Waals surface area (Å²) in [6.07, 6.45) is 4.11. The molecule has 0 radical (unpaired) electrons. The highest BCUT2D eigenvalue weighted by atomic mass is 16.5. The van der Waals surface area contributed by atoms with Crippen LogP contribution in [-0.4, -0.2) is 38.7 Å². The van der Waals surface area contributed by atoms with Gasteiger partial charge in [-0.25, -0.2) is 0 Å². The van der Waals surface area contributed by atoms with Crippen molar-refractivity contribution in [2.24, 2.45) is 0 Å². The van der Waals surface area contributed by atoms with Gasteiger partial charge in [-0.05, 0) is 37.1 Å². The van der Waals surface area contributed by atoms with Gasteiger partial charge in [0.05, 0.1) is 6.54 Å². The van der Waals surface area contributed by atoms with E-state index < -0.39 is 0 Å². The molecule has 0 unspecified atom stereocenters. The molecule has 1 fully saturated rings. The average molecular weight is 324 g/mol. The summed E-state index contributed by atoms with van der Waals surface area (Å²) in [7, 11) is 0. The third-order valence-corrected chi connectivity index (χ3v) is 4.48. The maximum absolute atomic E-state index is 12.7. The van der Waals surface area contributed by atoms with E-state index in [1.807, 2.05) is 17.0 Å². The Bertz CT molecular complexity index is 762. The number of hydrogen-bond acceptors (Lipinski definition) is 4. The predicted octanol–water partition coefficient (Wildman–Crippen LogP) is 2.38. The molecule has 1 amide bonds. The van der Waals surface area contributed by atoms with E-state index in [0.717, 1.165) is 23.9 Å². The standard InChI is InChI=1S/C18H20N4O2/c1-2-11-24-15-7-5-14(6-8-15)18(23)21-9-10-22-16(12-21)19-20-17(22)13-3-4-13/h2,5-8,13H,1,3-4,9-12H2. The molecule has 24 heavy (non-hydrogen) atoms. The van der Waals surface area contributed by atoms with Crippen LogP contribution in [0.2, 0.25) is 0 Å². The number of amides is 1. The summed E-state index contributed by atoms with van der Waals surface area (Å²) in [5.74, 6) is 3.33. The quantitative estimate of drug-likeness (QED) is 0.792. The average Bonchev–Trinajstić information content (AvgIpc) is 3.38. The molecule has 6 nitrogen and oxygen atoms in total. The number of nitrogens with zero attached hydrogens (tertiary/aromatic N) is 4. The number of rotatable bonds is 5. The van der Waals surface area contributed by atoms with Gasteiger partial charge in [0, 0.05) is 24.6 Å². The molecular formula is C18H20N4O2. The topological polar surface area (TPSA) is 60.2 Å². The van der Waals surface area contributed by atoms with Crippen LogP contribution in [-0.2, 0) is 13.1 Å². The van der Waals surface area contributed by atoms with Crippen LogP contribution in [0.3, 0.4) is 0 Å². The van der Waals surface area contributed by atoms with Crippen LogP contribution in [0.5, 0.6) is 5.75 Å². The van der Waals surface area contributed by atoms with E-state index in [-0.39, 0.29) is 5.91 Å². The minimum atomic E-state index is 0.0208. The van der Waals surface area contributed by atoms with E-state index in [0.29, 0.717) is 31.2 Å². The lowest BCUT2D eigenvalue weighted by molar-refractivity contribution is 0.0706. The number of fused-ring (bicyclic) bond motifs is 1. The van der Waals surface area contributed by atoms with Crippen LogP contribution in [0.4, 0.5) is 0 Å². The molecule has 1 aliphatic heterocycles. The second kappa shape index (κ2) is 6.11. The van der Waals surface area contributed by atoms with Crippen molar-refractivity contribution in [2.45, 2.75) is 31.8 Å². The van der Waals surface area contributed by atoms with Crippen molar-refractivity contribution in [1.82, 2.24) is 19.7 Å². The zero-order valence-electron chi connectivity index (χ0n) is 13.5. The molecule has 4 rings (SSSR count). The molecule has 0 N–H and O–H groups in total. The Morgan fingerprint density at radius 3 is 2.75 bits per heavy atom. The van der Waals surface area contributed by atoms with Crippen molar-refractivity contribution >= 4 is 5.91 Å². The summed E-state index contributed by atoms with van der Waals surface area (Å²) in [5.41, 5.74) is 0.663. The first-order chi connectivity index (χ1) is 11.8. The number of aromatic nitrogens is 3. The number of hydrogen-bond donors (Lipinski definition) is 0. The molecule has 0 spiro atoms. The van der Waals surface area contributed by atoms with Crippen LogP contribution < -0.4 is 4.74 Å². The number of ether oxygens (including phenoxy) is 1. The normalized spacial score (nSPS) is 16.6. The van der Waals surface area contributed by atoms with Gasteiger partial charge in [-0.1, -0.05) is 12.7 Å². The summed E-state index contributed by atoms with van der Waals surface area (Å²) in [6.45, 7) is 6.07. The molecule has 0 bridgehead atoms. The summed E-state index contributed by atoms with van der Waals surface area (Å²) in [6, 6.07) is 7.23. The SMILES string of the molecule is C=CCOc1ccc(C(=O)N2CCn3c(nnc3C3CC3)C2)cc1. The highest BCUT2D eigenvalue weighted by molar-refractivity contribution is 5.94. The zero-order valence-corrected chi connectivity index (χ0v) is 13.5. The third kappa shape index (κ3) is 2.79. The van der Waals surface area contributed by atoms with E-state index in [2.05, 4.69) is 21.3 Å². The molecule has 1 aromatic carbocycles. The van der Waals surface area contributed by atoms with Crippen LogP contribution in [0.1, 0.15) is 40.8 Å². The van der Waals surface area contributed by atoms with Gasteiger partial charge in [-0.15, -0.1) is 10.2 Å². The Hall–Kier alpha value is -2.63. The van der Waals surface area contributed by atoms with Crippen molar-refractivity contribution in [3.63, 3.8) is 0 Å². The van der Waals surface area contributed by atoms with Crippen LogP contribution >= 0.6 is 0 Å². The third-order valence-electron chi connectivity index (χ3n) is 4.48. The molecule has 2 heterocycles. The lowest BCUT2D eigenvalue weighted by Crippen LogP contribution is -2.38. The molecule has 2 aliphatic rings. The zero-order chi connectivity index (χ0) is 16.5. The monoisotopic (exact) mass is 324 g/mol. The van der Waals surface area contributed by atoms with Gasteiger partial charge in [0.25, 0.3) is 5.91 Å². The largest absolute Gasteiger partial charge is 0.490 e. The highest BCUT2D eigenvalue weighted by Crippen LogP contribution is 2.39. The van der Waals surface area contributed by atoms with Crippen molar-refractivity contribution < 1.29 is 9.53 Å². The lowest BCUT2D eigenvalue weighted by atomic mass is 10.1. The van der Waals surface area contributed by atoms with Crippen molar-refractivity contribution in [3.05, 3.63) is 54.1 Å². The van der Waals surface area contributed by atoms with Gasteiger partial charge in [-0.3, -0.25) is 4.79 Å². The maximum Gasteiger partial charge on any atom is 0.254 e. The first-order valence-corrected chi connectivity index (χ1v) is 8.31. The molecule has 0 atom stereocenters. The Morgan fingerprint density at radius 2 is 2.04 bits per heavy atom. The Morgan fingerprint density at radius 1 is 1.25 bits per heavy atom. The Labute approximate surface area is 140 Å². The molecule has 1 aromatic heterocycles. The predicted molar refractivity (Wildman–Crippen MR) is 88.9 cm³/mol. The van der Waals surface area contributed by atoms with Gasteiger partial charge in [0.1, 0.15) is 18.2 Å². The number of benzene rings is 1. The second-order valence-electron chi connectivity index (χ2n) is 6.25. The fourth-order valence-electron chi connectivity index (χ4n) is 3.03. The van der Waals surface area contributed by atoms with Gasteiger partial charge < -0.3 is 14.2 Å². The van der Waals surface area contributed by atoms with Crippen molar-refractivity contribution in [1.29, 1.82) is 0 Å². The fraction of sp³-hybridized carbons (Fsp3) is 0.389. The molecular weight excluding hydrogens is 304 g/mol. The fourth-order valence-corrected chi connectivity index (χ4v) is 3.03. The first-order valence-electron chi connectivity index (χ1n) is 8.31. The van der Waals surface area contributed by atoms with Gasteiger partial charge >= 0.3 is 0 Å². The molecule has 2 aromatic rings. The summed E-state index contributed by atoms with van der Waals surface area (Å²) < 4.78 is 7.64. The van der Waals surface area contributed by atoms with Crippen LogP contribution in [0.25, 0.3) is 0 Å². The molecule has 0 saturated heterocycles. The van der Waals surface area contributed by atoms with E-state index >= 15 is 0 Å². The molecule has 124 valence electrons. The lowest BCUT2D eigenvalue weighted by Gasteiger charge is -2.28. The van der Waals surface area contributed by atoms with Gasteiger partial charge in [-0.2, -0.15) is 0 Å². The Kier molecular flexibility index (Phi) is 3.80. The van der Waals surface area contributed by atoms with Gasteiger partial charge in [0.2, 0.25) is 0 Å². The number of carbonyl (C=O) groups is 1. The summed E-state index contributed by atoms with van der Waals surface area (Å²) in [5, 5.41) is 8.60. The van der Waals surface area contributed by atoms with Crippen molar-refractivity contribution in [2.75, 3.05) is 13.2 Å². The maximum atomic E-state index is 12.7. The molecule has 6 heteroatoms. The Balaban J connectivity index is 1.45. The first kappa shape index (κ1) is 14.9. The highest BCUT2D eigenvalue weighted by Gasteiger charge is 2.33. The van der Waals surface area contributed by atoms with Gasteiger partial charge in [0.15, 0.2) is 5.82 Å². The number of carbonyl (C=O) groups excluding carboxylic acids is 1. The minimum Gasteiger partial charge on any atom is -0.490 e. The summed E-state index contributed by atoms with van der Waals surface area (Å²) >= 11 is 0. The van der Waals surface area contributed by atoms with E-state index in [1.165, 1.54) is 12.8 Å². The summed E-state index contributed by atoms with van der Waals surface area (Å²) in [4.78, 5) is 14.5. The van der Waals surface area contributed by atoms with Crippen LogP contribution in [0.15, 0.2) is 36.9 Å². The van der Waals surface area contributed by atoms with Crippen LogP contribution in [0, 0.1) is 0 Å². The minimum absolute atomic E-state index is 0.0208. The smallest absolute Gasteiger partial charge is 0.254 e. The molecule has 1 saturated carbocycles. The van der Waals surface area contributed by atoms with E-state index in [9.17, 15) is 4.79 Å². The van der Waals surface area contributed by atoms with E-state index in [1.54, 1.807) is 18.2 Å². The van der Waals surface area contributed by atoms with E-state index in [4.69, 9.17) is 4.74 Å². The molecule has 1 aliphatic carbocycles. The van der Waals surface area contributed by atoms with Crippen molar-refractivity contribution in [3.8, 4) is 5.75 Å². The second-order valence-corrected chi connectivity index (χ2v) is 6.25.